The van der Waals surface area contributed by atoms with Gasteiger partial charge in [0.1, 0.15) is 6.61 Å². The Morgan fingerprint density at radius 3 is 2.40 bits per heavy atom. The van der Waals surface area contributed by atoms with Gasteiger partial charge in [0.15, 0.2) is 0 Å². The highest BCUT2D eigenvalue weighted by atomic mass is 16.7. The summed E-state index contributed by atoms with van der Waals surface area (Å²) < 4.78 is 14.2. The van der Waals surface area contributed by atoms with Gasteiger partial charge in [-0.15, -0.1) is 0 Å². The maximum Gasteiger partial charge on any atom is 0.505 e. The number of rotatable bonds is 9. The molecule has 0 aliphatic heterocycles. The highest BCUT2D eigenvalue weighted by Crippen LogP contribution is 1.82. The molecule has 1 N–H and O–H groups in total. The van der Waals surface area contributed by atoms with E-state index in [1.54, 1.807) is 0 Å². The predicted octanol–water partition coefficient (Wildman–Crippen LogP) is 1.02. The van der Waals surface area contributed by atoms with E-state index < -0.39 is 6.16 Å². The number of nitrogens with zero attached hydrogens (tertiary/aromatic N) is 3. The number of carboxylic acid groups (broad SMARTS) is 1. The Bertz CT molecular complexity index is 209. The van der Waals surface area contributed by atoms with Gasteiger partial charge in [0.25, 0.3) is 0 Å². The molecule has 0 aliphatic rings. The van der Waals surface area contributed by atoms with E-state index in [-0.39, 0.29) is 13.2 Å². The van der Waals surface area contributed by atoms with Crippen molar-refractivity contribution in [3.05, 3.63) is 10.4 Å². The topological polar surface area (TPSA) is 114 Å². The first kappa shape index (κ1) is 13.5. The quantitative estimate of drug-likeness (QED) is 0.204. The Morgan fingerprint density at radius 1 is 1.20 bits per heavy atom. The molecule has 0 radical (unpaired) electrons. The molecule has 0 aromatic heterocycles. The van der Waals surface area contributed by atoms with Crippen LogP contribution in [0.4, 0.5) is 4.79 Å². The van der Waals surface area contributed by atoms with E-state index in [1.807, 2.05) is 0 Å². The van der Waals surface area contributed by atoms with Crippen LogP contribution in [0.15, 0.2) is 5.11 Å². The zero-order chi connectivity index (χ0) is 11.4. The van der Waals surface area contributed by atoms with Crippen molar-refractivity contribution in [1.82, 2.24) is 0 Å². The van der Waals surface area contributed by atoms with Gasteiger partial charge in [-0.2, -0.15) is 0 Å². The molecule has 15 heavy (non-hydrogen) atoms. The molecule has 0 aromatic carbocycles. The molecule has 8 nitrogen and oxygen atoms in total. The molecule has 0 spiro atoms. The van der Waals surface area contributed by atoms with Gasteiger partial charge in [0, 0.05) is 11.5 Å². The van der Waals surface area contributed by atoms with Crippen molar-refractivity contribution in [1.29, 1.82) is 0 Å². The predicted molar refractivity (Wildman–Crippen MR) is 49.6 cm³/mol. The fourth-order valence-corrected chi connectivity index (χ4v) is 0.660. The Hall–Kier alpha value is -1.50. The van der Waals surface area contributed by atoms with Crippen LogP contribution in [-0.4, -0.2) is 50.8 Å². The summed E-state index contributed by atoms with van der Waals surface area (Å²) in [6, 6.07) is 0. The van der Waals surface area contributed by atoms with Crippen LogP contribution in [0.1, 0.15) is 0 Å². The maximum atomic E-state index is 9.89. The number of carbonyl (C=O) groups is 1. The molecule has 0 saturated heterocycles. The first-order valence-corrected chi connectivity index (χ1v) is 4.29. The molecule has 0 heterocycles. The Morgan fingerprint density at radius 2 is 1.80 bits per heavy atom. The molecule has 0 saturated carbocycles. The van der Waals surface area contributed by atoms with Gasteiger partial charge in [-0.1, -0.05) is 5.11 Å². The number of hydrogen-bond donors (Lipinski definition) is 1. The van der Waals surface area contributed by atoms with Gasteiger partial charge in [-0.25, -0.2) is 4.79 Å². The van der Waals surface area contributed by atoms with E-state index in [9.17, 15) is 4.79 Å². The Labute approximate surface area is 86.4 Å². The lowest BCUT2D eigenvalue weighted by molar-refractivity contribution is 0.0203. The lowest BCUT2D eigenvalue weighted by Crippen LogP contribution is -2.12. The molecule has 0 atom stereocenters. The largest absolute Gasteiger partial charge is 0.505 e. The molecule has 0 amide bonds. The minimum absolute atomic E-state index is 0.00800. The summed E-state index contributed by atoms with van der Waals surface area (Å²) in [7, 11) is 0. The first-order chi connectivity index (χ1) is 7.27. The van der Waals surface area contributed by atoms with Crippen molar-refractivity contribution >= 4 is 6.16 Å². The van der Waals surface area contributed by atoms with Crippen molar-refractivity contribution in [2.75, 3.05) is 39.6 Å². The molecule has 8 heteroatoms. The van der Waals surface area contributed by atoms with Gasteiger partial charge >= 0.3 is 6.16 Å². The first-order valence-electron chi connectivity index (χ1n) is 4.29. The molecular weight excluding hydrogens is 206 g/mol. The molecule has 86 valence electrons. The van der Waals surface area contributed by atoms with Crippen LogP contribution in [0.3, 0.4) is 0 Å². The standard InChI is InChI=1S/C7H13N3O5/c8-10-9-1-2-13-3-4-14-5-6-15-7(11)12/h1-6H2,(H,11,12). The molecular formula is C7H13N3O5. The van der Waals surface area contributed by atoms with E-state index in [1.165, 1.54) is 0 Å². The van der Waals surface area contributed by atoms with E-state index in [0.717, 1.165) is 0 Å². The Balaban J connectivity index is 2.98. The summed E-state index contributed by atoms with van der Waals surface area (Å²) in [6.45, 7) is 1.56. The average Bonchev–Trinajstić information content (AvgIpc) is 2.20. The number of azide groups is 1. The van der Waals surface area contributed by atoms with E-state index >= 15 is 0 Å². The second kappa shape index (κ2) is 10.6. The molecule has 0 rings (SSSR count). The fraction of sp³-hybridized carbons (Fsp3) is 0.857. The van der Waals surface area contributed by atoms with Gasteiger partial charge < -0.3 is 19.3 Å². The van der Waals surface area contributed by atoms with Crippen molar-refractivity contribution in [2.24, 2.45) is 5.11 Å². The summed E-state index contributed by atoms with van der Waals surface area (Å²) in [6.07, 6.45) is -1.32. The van der Waals surface area contributed by atoms with Gasteiger partial charge in [-0.05, 0) is 5.53 Å². The van der Waals surface area contributed by atoms with Crippen LogP contribution in [0.5, 0.6) is 0 Å². The smallest absolute Gasteiger partial charge is 0.450 e. The van der Waals surface area contributed by atoms with Crippen LogP contribution in [0.25, 0.3) is 10.4 Å². The lowest BCUT2D eigenvalue weighted by atomic mass is 10.7. The third-order valence-electron chi connectivity index (χ3n) is 1.22. The molecule has 0 aliphatic carbocycles. The van der Waals surface area contributed by atoms with Crippen LogP contribution in [0.2, 0.25) is 0 Å². The third kappa shape index (κ3) is 12.5. The van der Waals surface area contributed by atoms with Gasteiger partial charge in [-0.3, -0.25) is 0 Å². The number of hydrogen-bond acceptors (Lipinski definition) is 5. The van der Waals surface area contributed by atoms with Crippen molar-refractivity contribution < 1.29 is 24.1 Å². The third-order valence-corrected chi connectivity index (χ3v) is 1.22. The van der Waals surface area contributed by atoms with Crippen molar-refractivity contribution in [3.63, 3.8) is 0 Å². The van der Waals surface area contributed by atoms with Gasteiger partial charge in [0.05, 0.1) is 26.4 Å². The minimum Gasteiger partial charge on any atom is -0.450 e. The van der Waals surface area contributed by atoms with E-state index in [4.69, 9.17) is 20.1 Å². The second-order valence-electron chi connectivity index (χ2n) is 2.29. The minimum atomic E-state index is -1.32. The molecule has 0 fully saturated rings. The molecule has 0 bridgehead atoms. The second-order valence-corrected chi connectivity index (χ2v) is 2.29. The normalized spacial score (nSPS) is 9.33. The van der Waals surface area contributed by atoms with Crippen LogP contribution in [-0.2, 0) is 14.2 Å². The monoisotopic (exact) mass is 219 g/mol. The summed E-state index contributed by atoms with van der Waals surface area (Å²) in [5.74, 6) is 0. The average molecular weight is 219 g/mol. The Kier molecular flexibility index (Phi) is 9.52. The summed E-state index contributed by atoms with van der Waals surface area (Å²) in [5.41, 5.74) is 7.93. The van der Waals surface area contributed by atoms with E-state index in [0.29, 0.717) is 26.4 Å². The van der Waals surface area contributed by atoms with Crippen LogP contribution < -0.4 is 0 Å². The van der Waals surface area contributed by atoms with Crippen molar-refractivity contribution in [2.45, 2.75) is 0 Å². The zero-order valence-corrected chi connectivity index (χ0v) is 8.16. The SMILES string of the molecule is [N-]=[N+]=NCCOCCOCCOC(=O)O. The fourth-order valence-electron chi connectivity index (χ4n) is 0.660. The van der Waals surface area contributed by atoms with Gasteiger partial charge in [0.2, 0.25) is 0 Å². The van der Waals surface area contributed by atoms with E-state index in [2.05, 4.69) is 14.8 Å². The maximum absolute atomic E-state index is 9.89. The van der Waals surface area contributed by atoms with Crippen LogP contribution in [0, 0.1) is 0 Å². The number of ether oxygens (including phenoxy) is 3. The lowest BCUT2D eigenvalue weighted by Gasteiger charge is -2.04. The molecule has 0 unspecified atom stereocenters. The highest BCUT2D eigenvalue weighted by Gasteiger charge is 1.95. The summed E-state index contributed by atoms with van der Waals surface area (Å²) in [5, 5.41) is 11.4. The van der Waals surface area contributed by atoms with Crippen molar-refractivity contribution in [3.8, 4) is 0 Å². The molecule has 0 aromatic rings. The van der Waals surface area contributed by atoms with Crippen LogP contribution >= 0.6 is 0 Å². The summed E-state index contributed by atoms with van der Waals surface area (Å²) in [4.78, 5) is 12.4. The zero-order valence-electron chi connectivity index (χ0n) is 8.16. The summed E-state index contributed by atoms with van der Waals surface area (Å²) >= 11 is 0. The highest BCUT2D eigenvalue weighted by molar-refractivity contribution is 5.56.